The second kappa shape index (κ2) is 6.34. The fraction of sp³-hybridized carbons (Fsp3) is 0.500. The molecule has 0 saturated heterocycles. The number of aliphatic hydroxyl groups is 1. The lowest BCUT2D eigenvalue weighted by Crippen LogP contribution is -2.38. The van der Waals surface area contributed by atoms with E-state index in [2.05, 4.69) is 5.32 Å². The van der Waals surface area contributed by atoms with Gasteiger partial charge in [-0.3, -0.25) is 0 Å². The average Bonchev–Trinajstić information content (AvgIpc) is 3.22. The van der Waals surface area contributed by atoms with Gasteiger partial charge in [0.15, 0.2) is 0 Å². The third-order valence-electron chi connectivity index (χ3n) is 3.30. The fourth-order valence-corrected chi connectivity index (χ4v) is 1.95. The van der Waals surface area contributed by atoms with Crippen LogP contribution in [0.1, 0.15) is 18.4 Å². The third kappa shape index (κ3) is 4.63. The number of amides is 2. The number of hydrogen-bond acceptors (Lipinski definition) is 2. The molecule has 0 atom stereocenters. The van der Waals surface area contributed by atoms with Crippen molar-refractivity contribution < 1.29 is 23.1 Å². The van der Waals surface area contributed by atoms with Crippen molar-refractivity contribution in [3.05, 3.63) is 29.8 Å². The number of anilines is 1. The van der Waals surface area contributed by atoms with E-state index in [1.165, 1.54) is 17.0 Å². The number of alkyl halides is 3. The highest BCUT2D eigenvalue weighted by atomic mass is 19.4. The standard InChI is InChI=1S/C14H17F3N2O2/c15-14(16,17)11-3-5-12(6-4-11)18-13(21)19(7-8-20)9-10-1-2-10/h3-6,10,20H,1-2,7-9H2,(H,18,21). The van der Waals surface area contributed by atoms with Crippen molar-refractivity contribution in [2.24, 2.45) is 5.92 Å². The summed E-state index contributed by atoms with van der Waals surface area (Å²) >= 11 is 0. The van der Waals surface area contributed by atoms with Gasteiger partial charge in [-0.15, -0.1) is 0 Å². The predicted molar refractivity (Wildman–Crippen MR) is 71.8 cm³/mol. The van der Waals surface area contributed by atoms with Crippen LogP contribution in [0.25, 0.3) is 0 Å². The molecule has 4 nitrogen and oxygen atoms in total. The topological polar surface area (TPSA) is 52.6 Å². The zero-order valence-electron chi connectivity index (χ0n) is 11.4. The Morgan fingerprint density at radius 3 is 2.38 bits per heavy atom. The molecule has 2 amide bonds. The van der Waals surface area contributed by atoms with Crippen LogP contribution in [0.2, 0.25) is 0 Å². The van der Waals surface area contributed by atoms with Crippen LogP contribution in [0.5, 0.6) is 0 Å². The summed E-state index contributed by atoms with van der Waals surface area (Å²) in [5.74, 6) is 0.468. The normalized spacial score (nSPS) is 14.9. The molecule has 1 aliphatic rings. The Bertz CT molecular complexity index is 484. The smallest absolute Gasteiger partial charge is 0.395 e. The second-order valence-electron chi connectivity index (χ2n) is 5.12. The van der Waals surface area contributed by atoms with Gasteiger partial charge in [0.1, 0.15) is 0 Å². The predicted octanol–water partition coefficient (Wildman–Crippen LogP) is 2.94. The first-order chi connectivity index (χ1) is 9.90. The van der Waals surface area contributed by atoms with E-state index < -0.39 is 17.8 Å². The van der Waals surface area contributed by atoms with E-state index >= 15 is 0 Å². The van der Waals surface area contributed by atoms with Crippen LogP contribution in [-0.4, -0.2) is 35.7 Å². The summed E-state index contributed by atoms with van der Waals surface area (Å²) in [7, 11) is 0. The maximum atomic E-state index is 12.4. The van der Waals surface area contributed by atoms with Crippen molar-refractivity contribution in [3.63, 3.8) is 0 Å². The van der Waals surface area contributed by atoms with Crippen molar-refractivity contribution in [2.45, 2.75) is 19.0 Å². The first-order valence-electron chi connectivity index (χ1n) is 6.74. The largest absolute Gasteiger partial charge is 0.416 e. The quantitative estimate of drug-likeness (QED) is 0.878. The summed E-state index contributed by atoms with van der Waals surface area (Å²) in [4.78, 5) is 13.5. The van der Waals surface area contributed by atoms with Crippen LogP contribution in [0.15, 0.2) is 24.3 Å². The van der Waals surface area contributed by atoms with Gasteiger partial charge < -0.3 is 15.3 Å². The van der Waals surface area contributed by atoms with Gasteiger partial charge in [-0.25, -0.2) is 4.79 Å². The Morgan fingerprint density at radius 2 is 1.90 bits per heavy atom. The summed E-state index contributed by atoms with van der Waals surface area (Å²) < 4.78 is 37.3. The Kier molecular flexibility index (Phi) is 4.72. The number of nitrogens with one attached hydrogen (secondary N) is 1. The van der Waals surface area contributed by atoms with E-state index in [0.717, 1.165) is 25.0 Å². The van der Waals surface area contributed by atoms with Crippen molar-refractivity contribution >= 4 is 11.7 Å². The summed E-state index contributed by atoms with van der Waals surface area (Å²) in [6.07, 6.45) is -2.26. The number of nitrogens with zero attached hydrogens (tertiary/aromatic N) is 1. The SMILES string of the molecule is O=C(Nc1ccc(C(F)(F)F)cc1)N(CCO)CC1CC1. The zero-order chi connectivity index (χ0) is 15.5. The first kappa shape index (κ1) is 15.6. The summed E-state index contributed by atoms with van der Waals surface area (Å²) in [6.45, 7) is 0.628. The molecule has 2 N–H and O–H groups in total. The molecule has 1 aromatic rings. The molecular weight excluding hydrogens is 285 g/mol. The van der Waals surface area contributed by atoms with Crippen molar-refractivity contribution in [3.8, 4) is 0 Å². The number of carbonyl (C=O) groups excluding carboxylic acids is 1. The minimum atomic E-state index is -4.39. The monoisotopic (exact) mass is 302 g/mol. The van der Waals surface area contributed by atoms with Crippen LogP contribution < -0.4 is 5.32 Å². The number of rotatable bonds is 5. The number of carbonyl (C=O) groups is 1. The van der Waals surface area contributed by atoms with E-state index in [-0.39, 0.29) is 13.2 Å². The van der Waals surface area contributed by atoms with Crippen LogP contribution in [0.4, 0.5) is 23.7 Å². The lowest BCUT2D eigenvalue weighted by atomic mass is 10.2. The van der Waals surface area contributed by atoms with Crippen LogP contribution >= 0.6 is 0 Å². The van der Waals surface area contributed by atoms with Gasteiger partial charge in [-0.2, -0.15) is 13.2 Å². The fourth-order valence-electron chi connectivity index (χ4n) is 1.95. The van der Waals surface area contributed by atoms with E-state index in [1.54, 1.807) is 0 Å². The van der Waals surface area contributed by atoms with Gasteiger partial charge in [-0.05, 0) is 43.0 Å². The van der Waals surface area contributed by atoms with Gasteiger partial charge in [-0.1, -0.05) is 0 Å². The highest BCUT2D eigenvalue weighted by molar-refractivity contribution is 5.89. The molecule has 1 fully saturated rings. The lowest BCUT2D eigenvalue weighted by Gasteiger charge is -2.22. The maximum absolute atomic E-state index is 12.4. The van der Waals surface area contributed by atoms with Gasteiger partial charge in [0, 0.05) is 18.8 Å². The molecule has 0 aromatic heterocycles. The lowest BCUT2D eigenvalue weighted by molar-refractivity contribution is -0.137. The Morgan fingerprint density at radius 1 is 1.29 bits per heavy atom. The van der Waals surface area contributed by atoms with Gasteiger partial charge in [0.2, 0.25) is 0 Å². The zero-order valence-corrected chi connectivity index (χ0v) is 11.4. The van der Waals surface area contributed by atoms with E-state index in [4.69, 9.17) is 5.11 Å². The number of urea groups is 1. The molecule has 21 heavy (non-hydrogen) atoms. The molecule has 0 aliphatic heterocycles. The molecule has 0 bridgehead atoms. The van der Waals surface area contributed by atoms with Crippen LogP contribution in [-0.2, 0) is 6.18 Å². The molecule has 0 spiro atoms. The number of aliphatic hydroxyl groups excluding tert-OH is 1. The van der Waals surface area contributed by atoms with E-state index in [1.807, 2.05) is 0 Å². The Hall–Kier alpha value is -1.76. The number of halogens is 3. The molecule has 0 unspecified atom stereocenters. The first-order valence-corrected chi connectivity index (χ1v) is 6.74. The Balaban J connectivity index is 1.96. The van der Waals surface area contributed by atoms with Crippen LogP contribution in [0.3, 0.4) is 0 Å². The minimum Gasteiger partial charge on any atom is -0.395 e. The minimum absolute atomic E-state index is 0.146. The van der Waals surface area contributed by atoms with Gasteiger partial charge in [0.05, 0.1) is 12.2 Å². The molecule has 1 aromatic carbocycles. The van der Waals surface area contributed by atoms with E-state index in [0.29, 0.717) is 18.2 Å². The van der Waals surface area contributed by atoms with E-state index in [9.17, 15) is 18.0 Å². The molecule has 0 radical (unpaired) electrons. The van der Waals surface area contributed by atoms with Gasteiger partial charge in [0.25, 0.3) is 0 Å². The number of benzene rings is 1. The molecule has 1 saturated carbocycles. The van der Waals surface area contributed by atoms with Crippen LogP contribution in [0, 0.1) is 5.92 Å². The second-order valence-corrected chi connectivity index (χ2v) is 5.12. The summed E-state index contributed by atoms with van der Waals surface area (Å²) in [6, 6.07) is 3.87. The Labute approximate surface area is 120 Å². The molecule has 7 heteroatoms. The molecule has 1 aliphatic carbocycles. The van der Waals surface area contributed by atoms with Gasteiger partial charge >= 0.3 is 12.2 Å². The maximum Gasteiger partial charge on any atom is 0.416 e. The third-order valence-corrected chi connectivity index (χ3v) is 3.30. The average molecular weight is 302 g/mol. The molecular formula is C14H17F3N2O2. The highest BCUT2D eigenvalue weighted by Crippen LogP contribution is 2.31. The highest BCUT2D eigenvalue weighted by Gasteiger charge is 2.30. The number of hydrogen-bond donors (Lipinski definition) is 2. The summed E-state index contributed by atoms with van der Waals surface area (Å²) in [5, 5.41) is 11.5. The van der Waals surface area contributed by atoms with Crippen molar-refractivity contribution in [1.82, 2.24) is 4.90 Å². The van der Waals surface area contributed by atoms with Crippen molar-refractivity contribution in [2.75, 3.05) is 25.0 Å². The molecule has 0 heterocycles. The molecule has 116 valence electrons. The summed E-state index contributed by atoms with van der Waals surface area (Å²) in [5.41, 5.74) is -0.461. The van der Waals surface area contributed by atoms with Crippen molar-refractivity contribution in [1.29, 1.82) is 0 Å². The molecule has 2 rings (SSSR count).